The minimum atomic E-state index is -0.00295. The summed E-state index contributed by atoms with van der Waals surface area (Å²) in [6.45, 7) is 3.85. The maximum Gasteiger partial charge on any atom is 0.226 e. The van der Waals surface area contributed by atoms with Crippen molar-refractivity contribution in [2.75, 3.05) is 13.2 Å². The molecule has 1 aliphatic rings. The van der Waals surface area contributed by atoms with Crippen LogP contribution in [0.1, 0.15) is 21.9 Å². The number of hydrogen-bond donors (Lipinski definition) is 1. The van der Waals surface area contributed by atoms with E-state index >= 15 is 0 Å². The number of aryl methyl sites for hydroxylation is 2. The monoisotopic (exact) mass is 319 g/mol. The molecule has 0 saturated heterocycles. The van der Waals surface area contributed by atoms with Gasteiger partial charge in [-0.25, -0.2) is 0 Å². The molecule has 5 nitrogen and oxygen atoms in total. The molecule has 3 heterocycles. The second-order valence-electron chi connectivity index (χ2n) is 5.73. The van der Waals surface area contributed by atoms with Crippen LogP contribution in [0.5, 0.6) is 0 Å². The summed E-state index contributed by atoms with van der Waals surface area (Å²) in [6, 6.07) is 6.12. The summed E-state index contributed by atoms with van der Waals surface area (Å²) >= 11 is 1.71. The van der Waals surface area contributed by atoms with Crippen molar-refractivity contribution in [3.8, 4) is 0 Å². The first kappa shape index (κ1) is 15.2. The second-order valence-corrected chi connectivity index (χ2v) is 7.10. The molecule has 0 fully saturated rings. The van der Waals surface area contributed by atoms with E-state index < -0.39 is 0 Å². The Labute approximate surface area is 134 Å². The lowest BCUT2D eigenvalue weighted by atomic mass is 9.94. The highest BCUT2D eigenvalue weighted by atomic mass is 32.1. The largest absolute Gasteiger partial charge is 0.395 e. The van der Waals surface area contributed by atoms with Gasteiger partial charge in [-0.3, -0.25) is 9.48 Å². The summed E-state index contributed by atoms with van der Waals surface area (Å²) in [7, 11) is 0. The summed E-state index contributed by atoms with van der Waals surface area (Å²) in [4.78, 5) is 17.0. The van der Waals surface area contributed by atoms with Gasteiger partial charge in [0.25, 0.3) is 0 Å². The van der Waals surface area contributed by atoms with Crippen molar-refractivity contribution in [2.45, 2.75) is 32.9 Å². The highest BCUT2D eigenvalue weighted by Crippen LogP contribution is 2.24. The minimum Gasteiger partial charge on any atom is -0.395 e. The molecule has 1 N–H and O–H groups in total. The number of hydrogen-bond acceptors (Lipinski definition) is 4. The van der Waals surface area contributed by atoms with Gasteiger partial charge in [0.1, 0.15) is 0 Å². The van der Waals surface area contributed by atoms with Crippen LogP contribution in [0.2, 0.25) is 0 Å². The molecule has 0 spiro atoms. The SMILES string of the molecule is Cc1ccc(CN(CCO)C(=O)C2CCn3nccc3C2)s1. The van der Waals surface area contributed by atoms with E-state index in [-0.39, 0.29) is 18.4 Å². The molecule has 0 radical (unpaired) electrons. The topological polar surface area (TPSA) is 58.4 Å². The average molecular weight is 319 g/mol. The van der Waals surface area contributed by atoms with Gasteiger partial charge < -0.3 is 10.0 Å². The molecule has 1 atom stereocenters. The number of thiophene rings is 1. The normalized spacial score (nSPS) is 17.3. The summed E-state index contributed by atoms with van der Waals surface area (Å²) in [6.07, 6.45) is 3.35. The van der Waals surface area contributed by atoms with E-state index in [0.717, 1.165) is 25.1 Å². The third-order valence-electron chi connectivity index (χ3n) is 4.12. The predicted molar refractivity (Wildman–Crippen MR) is 85.6 cm³/mol. The second kappa shape index (κ2) is 6.62. The maximum atomic E-state index is 12.8. The van der Waals surface area contributed by atoms with E-state index in [9.17, 15) is 9.90 Å². The van der Waals surface area contributed by atoms with Gasteiger partial charge in [0.15, 0.2) is 0 Å². The van der Waals surface area contributed by atoms with Gasteiger partial charge in [-0.05, 0) is 31.5 Å². The number of fused-ring (bicyclic) bond motifs is 1. The van der Waals surface area contributed by atoms with Gasteiger partial charge in [-0.1, -0.05) is 0 Å². The Morgan fingerprint density at radius 1 is 1.50 bits per heavy atom. The third kappa shape index (κ3) is 3.23. The fraction of sp³-hybridized carbons (Fsp3) is 0.500. The quantitative estimate of drug-likeness (QED) is 0.915. The van der Waals surface area contributed by atoms with Crippen LogP contribution in [0, 0.1) is 12.8 Å². The molecule has 6 heteroatoms. The number of carbonyl (C=O) groups is 1. The van der Waals surface area contributed by atoms with Crippen LogP contribution in [-0.2, 0) is 24.3 Å². The zero-order valence-electron chi connectivity index (χ0n) is 12.7. The summed E-state index contributed by atoms with van der Waals surface area (Å²) in [5.41, 5.74) is 1.13. The van der Waals surface area contributed by atoms with Crippen molar-refractivity contribution >= 4 is 17.2 Å². The van der Waals surface area contributed by atoms with Gasteiger partial charge in [-0.15, -0.1) is 11.3 Å². The number of nitrogens with zero attached hydrogens (tertiary/aromatic N) is 3. The molecule has 0 aliphatic carbocycles. The summed E-state index contributed by atoms with van der Waals surface area (Å²) in [5, 5.41) is 13.5. The zero-order chi connectivity index (χ0) is 15.5. The third-order valence-corrected chi connectivity index (χ3v) is 5.11. The number of rotatable bonds is 5. The van der Waals surface area contributed by atoms with Crippen molar-refractivity contribution in [3.05, 3.63) is 39.8 Å². The first-order chi connectivity index (χ1) is 10.7. The van der Waals surface area contributed by atoms with Gasteiger partial charge in [0.05, 0.1) is 13.2 Å². The lowest BCUT2D eigenvalue weighted by Gasteiger charge is -2.29. The lowest BCUT2D eigenvalue weighted by Crippen LogP contribution is -2.40. The predicted octanol–water partition coefficient (Wildman–Crippen LogP) is 1.84. The molecule has 0 saturated carbocycles. The average Bonchev–Trinajstić information content (AvgIpc) is 3.14. The van der Waals surface area contributed by atoms with Gasteiger partial charge >= 0.3 is 0 Å². The Kier molecular flexibility index (Phi) is 4.59. The van der Waals surface area contributed by atoms with Crippen molar-refractivity contribution in [1.82, 2.24) is 14.7 Å². The molecule has 1 unspecified atom stereocenters. The molecule has 2 aromatic heterocycles. The van der Waals surface area contributed by atoms with E-state index in [1.54, 1.807) is 22.4 Å². The number of amides is 1. The van der Waals surface area contributed by atoms with Gasteiger partial charge in [0, 0.05) is 47.1 Å². The Morgan fingerprint density at radius 3 is 3.09 bits per heavy atom. The van der Waals surface area contributed by atoms with Gasteiger partial charge in [0.2, 0.25) is 5.91 Å². The molecular weight excluding hydrogens is 298 g/mol. The maximum absolute atomic E-state index is 12.8. The van der Waals surface area contributed by atoms with Crippen LogP contribution in [0.4, 0.5) is 0 Å². The van der Waals surface area contributed by atoms with Crippen LogP contribution >= 0.6 is 11.3 Å². The molecule has 3 rings (SSSR count). The standard InChI is InChI=1S/C16H21N3O2S/c1-12-2-3-15(22-12)11-18(8-9-20)16(21)13-5-7-19-14(10-13)4-6-17-19/h2-4,6,13,20H,5,7-11H2,1H3. The van der Waals surface area contributed by atoms with Crippen LogP contribution in [0.3, 0.4) is 0 Å². The smallest absolute Gasteiger partial charge is 0.226 e. The summed E-state index contributed by atoms with van der Waals surface area (Å²) in [5.74, 6) is 0.143. The molecule has 1 amide bonds. The molecule has 0 aromatic carbocycles. The van der Waals surface area contributed by atoms with Crippen LogP contribution < -0.4 is 0 Å². The Hall–Kier alpha value is -1.66. The fourth-order valence-electron chi connectivity index (χ4n) is 2.98. The van der Waals surface area contributed by atoms with Gasteiger partial charge in [-0.2, -0.15) is 5.10 Å². The van der Waals surface area contributed by atoms with Crippen LogP contribution in [0.25, 0.3) is 0 Å². The van der Waals surface area contributed by atoms with Crippen LogP contribution in [0.15, 0.2) is 24.4 Å². The Balaban J connectivity index is 1.70. The first-order valence-corrected chi connectivity index (χ1v) is 8.44. The molecule has 22 heavy (non-hydrogen) atoms. The number of aliphatic hydroxyl groups excluding tert-OH is 1. The van der Waals surface area contributed by atoms with E-state index in [1.165, 1.54) is 9.75 Å². The number of aliphatic hydroxyl groups is 1. The Bertz CT molecular complexity index is 649. The number of aromatic nitrogens is 2. The van der Waals surface area contributed by atoms with Crippen molar-refractivity contribution in [3.63, 3.8) is 0 Å². The van der Waals surface area contributed by atoms with Crippen molar-refractivity contribution < 1.29 is 9.90 Å². The van der Waals surface area contributed by atoms with E-state index in [4.69, 9.17) is 0 Å². The minimum absolute atomic E-state index is 0.000744. The molecular formula is C16H21N3O2S. The first-order valence-electron chi connectivity index (χ1n) is 7.63. The fourth-order valence-corrected chi connectivity index (χ4v) is 3.89. The summed E-state index contributed by atoms with van der Waals surface area (Å²) < 4.78 is 1.97. The van der Waals surface area contributed by atoms with E-state index in [0.29, 0.717) is 13.1 Å². The highest BCUT2D eigenvalue weighted by molar-refractivity contribution is 7.11. The molecule has 2 aromatic rings. The number of carbonyl (C=O) groups excluding carboxylic acids is 1. The van der Waals surface area contributed by atoms with Crippen molar-refractivity contribution in [2.24, 2.45) is 5.92 Å². The molecule has 0 bridgehead atoms. The zero-order valence-corrected chi connectivity index (χ0v) is 13.6. The van der Waals surface area contributed by atoms with E-state index in [1.807, 2.05) is 10.7 Å². The van der Waals surface area contributed by atoms with E-state index in [2.05, 4.69) is 24.2 Å². The molecule has 1 aliphatic heterocycles. The van der Waals surface area contributed by atoms with Crippen molar-refractivity contribution in [1.29, 1.82) is 0 Å². The lowest BCUT2D eigenvalue weighted by molar-refractivity contribution is -0.137. The molecule has 118 valence electrons. The Morgan fingerprint density at radius 2 is 2.36 bits per heavy atom. The van der Waals surface area contributed by atoms with Crippen LogP contribution in [-0.4, -0.2) is 38.8 Å². The highest BCUT2D eigenvalue weighted by Gasteiger charge is 2.28.